The van der Waals surface area contributed by atoms with Gasteiger partial charge in [0, 0.05) is 12.1 Å². The average molecular weight is 162 g/mol. The highest BCUT2D eigenvalue weighted by atomic mass is 16.3. The lowest BCUT2D eigenvalue weighted by atomic mass is 10.3. The largest absolute Gasteiger partial charge is 0.441 e. The van der Waals surface area contributed by atoms with E-state index in [1.165, 1.54) is 0 Å². The Balaban J connectivity index is 2.67. The molecule has 1 aromatic heterocycles. The molecule has 1 aromatic carbocycles. The number of aryl methyl sites for hydroxylation is 1. The van der Waals surface area contributed by atoms with Crippen molar-refractivity contribution in [2.45, 2.75) is 13.3 Å². The predicted octanol–water partition coefficient (Wildman–Crippen LogP) is 1.97. The zero-order valence-corrected chi connectivity index (χ0v) is 6.87. The van der Waals surface area contributed by atoms with Crippen molar-refractivity contribution < 1.29 is 4.42 Å². The van der Waals surface area contributed by atoms with Crippen LogP contribution >= 0.6 is 0 Å². The van der Waals surface area contributed by atoms with Crippen molar-refractivity contribution >= 4 is 16.8 Å². The van der Waals surface area contributed by atoms with Crippen LogP contribution in [-0.2, 0) is 6.42 Å². The van der Waals surface area contributed by atoms with E-state index in [4.69, 9.17) is 10.2 Å². The normalized spacial score (nSPS) is 10.8. The lowest BCUT2D eigenvalue weighted by Gasteiger charge is -1.88. The smallest absolute Gasteiger partial charge is 0.195 e. The van der Waals surface area contributed by atoms with Gasteiger partial charge in [-0.05, 0) is 18.2 Å². The molecule has 0 bridgehead atoms. The number of fused-ring (bicyclic) bond motifs is 1. The minimum absolute atomic E-state index is 0.721. The molecule has 3 nitrogen and oxygen atoms in total. The number of nitrogen functional groups attached to an aromatic ring is 1. The molecule has 62 valence electrons. The second kappa shape index (κ2) is 2.52. The van der Waals surface area contributed by atoms with E-state index in [0.29, 0.717) is 0 Å². The van der Waals surface area contributed by atoms with Gasteiger partial charge in [-0.25, -0.2) is 4.98 Å². The van der Waals surface area contributed by atoms with Crippen LogP contribution < -0.4 is 5.73 Å². The number of nitrogens with zero attached hydrogens (tertiary/aromatic N) is 1. The van der Waals surface area contributed by atoms with Crippen LogP contribution in [0.5, 0.6) is 0 Å². The van der Waals surface area contributed by atoms with E-state index in [1.807, 2.05) is 25.1 Å². The number of hydrogen-bond donors (Lipinski definition) is 1. The highest BCUT2D eigenvalue weighted by molar-refractivity contribution is 5.76. The zero-order chi connectivity index (χ0) is 8.55. The van der Waals surface area contributed by atoms with Crippen LogP contribution in [0.25, 0.3) is 11.1 Å². The summed E-state index contributed by atoms with van der Waals surface area (Å²) in [5, 5.41) is 0. The third kappa shape index (κ3) is 1.03. The van der Waals surface area contributed by atoms with Gasteiger partial charge in [0.25, 0.3) is 0 Å². The first-order valence-corrected chi connectivity index (χ1v) is 3.94. The molecule has 2 aromatic rings. The van der Waals surface area contributed by atoms with E-state index in [1.54, 1.807) is 0 Å². The molecule has 0 radical (unpaired) electrons. The molecule has 0 amide bonds. The van der Waals surface area contributed by atoms with Gasteiger partial charge in [-0.3, -0.25) is 0 Å². The number of rotatable bonds is 1. The van der Waals surface area contributed by atoms with Crippen molar-refractivity contribution in [2.24, 2.45) is 0 Å². The van der Waals surface area contributed by atoms with Gasteiger partial charge in [0.1, 0.15) is 5.52 Å². The average Bonchev–Trinajstić information content (AvgIpc) is 2.46. The predicted molar refractivity (Wildman–Crippen MR) is 47.8 cm³/mol. The molecule has 1 heterocycles. The summed E-state index contributed by atoms with van der Waals surface area (Å²) in [6.07, 6.45) is 0.814. The third-order valence-corrected chi connectivity index (χ3v) is 1.76. The molecule has 0 aliphatic heterocycles. The van der Waals surface area contributed by atoms with E-state index in [9.17, 15) is 0 Å². The molecule has 0 aliphatic carbocycles. The van der Waals surface area contributed by atoms with Gasteiger partial charge in [-0.2, -0.15) is 0 Å². The summed E-state index contributed by atoms with van der Waals surface area (Å²) in [5.41, 5.74) is 7.96. The van der Waals surface area contributed by atoms with Crippen LogP contribution in [0.4, 0.5) is 5.69 Å². The summed E-state index contributed by atoms with van der Waals surface area (Å²) in [6.45, 7) is 2.01. The lowest BCUT2D eigenvalue weighted by molar-refractivity contribution is 0.538. The van der Waals surface area contributed by atoms with Gasteiger partial charge in [0.15, 0.2) is 11.5 Å². The van der Waals surface area contributed by atoms with Crippen molar-refractivity contribution in [2.75, 3.05) is 5.73 Å². The molecule has 2 N–H and O–H groups in total. The van der Waals surface area contributed by atoms with E-state index in [-0.39, 0.29) is 0 Å². The summed E-state index contributed by atoms with van der Waals surface area (Å²) in [7, 11) is 0. The molecule has 0 unspecified atom stereocenters. The topological polar surface area (TPSA) is 52.0 Å². The van der Waals surface area contributed by atoms with E-state index >= 15 is 0 Å². The Kier molecular flexibility index (Phi) is 1.50. The Morgan fingerprint density at radius 2 is 2.33 bits per heavy atom. The second-order valence-electron chi connectivity index (χ2n) is 2.69. The first-order valence-electron chi connectivity index (χ1n) is 3.94. The molecule has 0 saturated carbocycles. The molecule has 2 rings (SSSR count). The Hall–Kier alpha value is -1.51. The summed E-state index contributed by atoms with van der Waals surface area (Å²) in [4.78, 5) is 4.25. The summed E-state index contributed by atoms with van der Waals surface area (Å²) >= 11 is 0. The maximum Gasteiger partial charge on any atom is 0.195 e. The van der Waals surface area contributed by atoms with E-state index < -0.39 is 0 Å². The van der Waals surface area contributed by atoms with Crippen LogP contribution in [0.15, 0.2) is 22.6 Å². The van der Waals surface area contributed by atoms with Crippen LogP contribution in [0, 0.1) is 0 Å². The lowest BCUT2D eigenvalue weighted by Crippen LogP contribution is -1.82. The Morgan fingerprint density at radius 3 is 3.08 bits per heavy atom. The first-order chi connectivity index (χ1) is 5.79. The molecule has 12 heavy (non-hydrogen) atoms. The number of anilines is 1. The molecule has 0 atom stereocenters. The van der Waals surface area contributed by atoms with Gasteiger partial charge < -0.3 is 10.2 Å². The van der Waals surface area contributed by atoms with Gasteiger partial charge in [-0.1, -0.05) is 6.92 Å². The maximum absolute atomic E-state index is 5.59. The van der Waals surface area contributed by atoms with E-state index in [0.717, 1.165) is 29.1 Å². The molecular formula is C9H10N2O. The Morgan fingerprint density at radius 1 is 1.50 bits per heavy atom. The van der Waals surface area contributed by atoms with Crippen LogP contribution in [0.3, 0.4) is 0 Å². The number of oxazole rings is 1. The molecule has 3 heteroatoms. The Labute approximate surface area is 70.2 Å². The van der Waals surface area contributed by atoms with Crippen molar-refractivity contribution in [3.05, 3.63) is 24.1 Å². The summed E-state index contributed by atoms with van der Waals surface area (Å²) in [5.74, 6) is 0.760. The quantitative estimate of drug-likeness (QED) is 0.652. The first kappa shape index (κ1) is 7.16. The highest BCUT2D eigenvalue weighted by Gasteiger charge is 2.02. The minimum Gasteiger partial charge on any atom is -0.441 e. The zero-order valence-electron chi connectivity index (χ0n) is 6.87. The second-order valence-corrected chi connectivity index (χ2v) is 2.69. The van der Waals surface area contributed by atoms with Gasteiger partial charge in [-0.15, -0.1) is 0 Å². The fourth-order valence-corrected chi connectivity index (χ4v) is 1.14. The molecule has 0 fully saturated rings. The fraction of sp³-hybridized carbons (Fsp3) is 0.222. The number of hydrogen-bond acceptors (Lipinski definition) is 3. The van der Waals surface area contributed by atoms with E-state index in [2.05, 4.69) is 4.98 Å². The Bertz CT molecular complexity index is 406. The molecular weight excluding hydrogens is 152 g/mol. The molecule has 0 saturated heterocycles. The maximum atomic E-state index is 5.59. The fourth-order valence-electron chi connectivity index (χ4n) is 1.14. The summed E-state index contributed by atoms with van der Waals surface area (Å²) < 4.78 is 5.41. The van der Waals surface area contributed by atoms with Crippen LogP contribution in [-0.4, -0.2) is 4.98 Å². The van der Waals surface area contributed by atoms with Crippen LogP contribution in [0.2, 0.25) is 0 Å². The molecule has 0 spiro atoms. The molecule has 0 aliphatic rings. The SMILES string of the molecule is CCc1nc2cc(N)ccc2o1. The van der Waals surface area contributed by atoms with Crippen molar-refractivity contribution in [3.8, 4) is 0 Å². The van der Waals surface area contributed by atoms with Gasteiger partial charge in [0.2, 0.25) is 0 Å². The van der Waals surface area contributed by atoms with Crippen molar-refractivity contribution in [1.29, 1.82) is 0 Å². The van der Waals surface area contributed by atoms with Crippen molar-refractivity contribution in [3.63, 3.8) is 0 Å². The standard InChI is InChI=1S/C9H10N2O/c1-2-9-11-7-5-6(10)3-4-8(7)12-9/h3-5H,2,10H2,1H3. The summed E-state index contributed by atoms with van der Waals surface area (Å²) in [6, 6.07) is 5.47. The number of nitrogens with two attached hydrogens (primary N) is 1. The third-order valence-electron chi connectivity index (χ3n) is 1.76. The minimum atomic E-state index is 0.721. The van der Waals surface area contributed by atoms with Gasteiger partial charge in [0.05, 0.1) is 0 Å². The highest BCUT2D eigenvalue weighted by Crippen LogP contribution is 2.18. The van der Waals surface area contributed by atoms with Crippen LogP contribution in [0.1, 0.15) is 12.8 Å². The monoisotopic (exact) mass is 162 g/mol. The van der Waals surface area contributed by atoms with Crippen molar-refractivity contribution in [1.82, 2.24) is 4.98 Å². The number of benzene rings is 1. The van der Waals surface area contributed by atoms with Gasteiger partial charge >= 0.3 is 0 Å². The number of aromatic nitrogens is 1.